The van der Waals surface area contributed by atoms with Crippen LogP contribution in [0.5, 0.6) is 0 Å². The third kappa shape index (κ3) is 2.59. The van der Waals surface area contributed by atoms with Crippen molar-refractivity contribution in [2.24, 2.45) is 4.99 Å². The van der Waals surface area contributed by atoms with Crippen molar-refractivity contribution in [1.29, 1.82) is 0 Å². The number of benzene rings is 1. The van der Waals surface area contributed by atoms with Gasteiger partial charge in [-0.15, -0.1) is 0 Å². The lowest BCUT2D eigenvalue weighted by Crippen LogP contribution is -1.97. The first-order valence-electron chi connectivity index (χ1n) is 5.69. The Balaban J connectivity index is 3.53. The minimum absolute atomic E-state index is 0.365. The van der Waals surface area contributed by atoms with Crippen LogP contribution in [0.15, 0.2) is 17.1 Å². The van der Waals surface area contributed by atoms with Gasteiger partial charge in [0.25, 0.3) is 0 Å². The molecule has 0 atom stereocenters. The predicted octanol–water partition coefficient (Wildman–Crippen LogP) is 4.21. The second-order valence-corrected chi connectivity index (χ2v) is 4.80. The van der Waals surface area contributed by atoms with Crippen molar-refractivity contribution in [3.05, 3.63) is 28.8 Å². The van der Waals surface area contributed by atoms with Gasteiger partial charge in [0.15, 0.2) is 0 Å². The molecular formula is C14H19NO. The van der Waals surface area contributed by atoms with Crippen LogP contribution in [0.3, 0.4) is 0 Å². The van der Waals surface area contributed by atoms with E-state index in [1.165, 1.54) is 5.56 Å². The van der Waals surface area contributed by atoms with Crippen molar-refractivity contribution < 1.29 is 4.79 Å². The van der Waals surface area contributed by atoms with E-state index in [1.54, 1.807) is 6.08 Å². The molecule has 0 bridgehead atoms. The standard InChI is InChI=1S/C14H19NO/c1-9(2)12-6-11(5)7-13(10(3)4)14(12)15-8-16/h6-7,9-10H,1-5H3. The number of carbonyl (C=O) groups excluding carboxylic acids is 1. The van der Waals surface area contributed by atoms with Crippen molar-refractivity contribution >= 4 is 11.8 Å². The Morgan fingerprint density at radius 1 is 1.06 bits per heavy atom. The second-order valence-electron chi connectivity index (χ2n) is 4.80. The maximum atomic E-state index is 10.5. The second kappa shape index (κ2) is 5.09. The molecule has 0 aliphatic rings. The SMILES string of the molecule is Cc1cc(C(C)C)c(N=C=O)c(C(C)C)c1. The molecule has 16 heavy (non-hydrogen) atoms. The molecule has 0 spiro atoms. The average Bonchev–Trinajstić information content (AvgIpc) is 2.19. The molecule has 0 N–H and O–H groups in total. The quantitative estimate of drug-likeness (QED) is 0.551. The Morgan fingerprint density at radius 2 is 1.50 bits per heavy atom. The van der Waals surface area contributed by atoms with Crippen molar-refractivity contribution in [3.63, 3.8) is 0 Å². The van der Waals surface area contributed by atoms with E-state index in [0.29, 0.717) is 11.8 Å². The fraction of sp³-hybridized carbons (Fsp3) is 0.500. The first kappa shape index (κ1) is 12.7. The summed E-state index contributed by atoms with van der Waals surface area (Å²) in [5.41, 5.74) is 4.29. The summed E-state index contributed by atoms with van der Waals surface area (Å²) in [7, 11) is 0. The Morgan fingerprint density at radius 3 is 1.81 bits per heavy atom. The molecule has 1 rings (SSSR count). The highest BCUT2D eigenvalue weighted by atomic mass is 16.1. The first-order chi connectivity index (χ1) is 7.47. The largest absolute Gasteiger partial charge is 0.240 e. The van der Waals surface area contributed by atoms with E-state index < -0.39 is 0 Å². The van der Waals surface area contributed by atoms with Crippen LogP contribution in [-0.2, 0) is 4.79 Å². The summed E-state index contributed by atoms with van der Waals surface area (Å²) in [5.74, 6) is 0.731. The Kier molecular flexibility index (Phi) is 4.03. The third-order valence-corrected chi connectivity index (χ3v) is 2.71. The molecule has 0 aliphatic heterocycles. The topological polar surface area (TPSA) is 29.4 Å². The van der Waals surface area contributed by atoms with E-state index in [1.807, 2.05) is 0 Å². The lowest BCUT2D eigenvalue weighted by atomic mass is 9.91. The Labute approximate surface area is 97.4 Å². The third-order valence-electron chi connectivity index (χ3n) is 2.71. The molecule has 0 aromatic heterocycles. The molecule has 0 radical (unpaired) electrons. The van der Waals surface area contributed by atoms with Gasteiger partial charge in [-0.3, -0.25) is 0 Å². The molecule has 2 heteroatoms. The van der Waals surface area contributed by atoms with Gasteiger partial charge in [0.05, 0.1) is 5.69 Å². The van der Waals surface area contributed by atoms with Crippen molar-refractivity contribution in [2.45, 2.75) is 46.5 Å². The van der Waals surface area contributed by atoms with Crippen LogP contribution >= 0.6 is 0 Å². The monoisotopic (exact) mass is 217 g/mol. The van der Waals surface area contributed by atoms with E-state index in [4.69, 9.17) is 0 Å². The fourth-order valence-electron chi connectivity index (χ4n) is 1.89. The van der Waals surface area contributed by atoms with Gasteiger partial charge < -0.3 is 0 Å². The minimum atomic E-state index is 0.365. The molecular weight excluding hydrogens is 198 g/mol. The number of isocyanates is 1. The number of hydrogen-bond acceptors (Lipinski definition) is 2. The Bertz CT molecular complexity index is 397. The number of hydrogen-bond donors (Lipinski definition) is 0. The zero-order valence-electron chi connectivity index (χ0n) is 10.7. The van der Waals surface area contributed by atoms with E-state index in [9.17, 15) is 4.79 Å². The van der Waals surface area contributed by atoms with Crippen molar-refractivity contribution in [3.8, 4) is 0 Å². The number of aliphatic imine (C=N–C) groups is 1. The summed E-state index contributed by atoms with van der Waals surface area (Å²) in [6, 6.07) is 4.21. The van der Waals surface area contributed by atoms with Gasteiger partial charge >= 0.3 is 0 Å². The zero-order chi connectivity index (χ0) is 12.3. The predicted molar refractivity (Wildman–Crippen MR) is 67.1 cm³/mol. The summed E-state index contributed by atoms with van der Waals surface area (Å²) in [5, 5.41) is 0. The van der Waals surface area contributed by atoms with E-state index >= 15 is 0 Å². The molecule has 1 aromatic rings. The molecule has 86 valence electrons. The van der Waals surface area contributed by atoms with E-state index in [2.05, 4.69) is 51.7 Å². The summed E-state index contributed by atoms with van der Waals surface area (Å²) in [4.78, 5) is 14.4. The summed E-state index contributed by atoms with van der Waals surface area (Å²) < 4.78 is 0. The highest BCUT2D eigenvalue weighted by Crippen LogP contribution is 2.35. The van der Waals surface area contributed by atoms with Gasteiger partial charge in [-0.1, -0.05) is 45.4 Å². The number of nitrogens with zero attached hydrogens (tertiary/aromatic N) is 1. The van der Waals surface area contributed by atoms with Crippen LogP contribution in [0.1, 0.15) is 56.2 Å². The zero-order valence-corrected chi connectivity index (χ0v) is 10.7. The van der Waals surface area contributed by atoms with Crippen molar-refractivity contribution in [1.82, 2.24) is 0 Å². The summed E-state index contributed by atoms with van der Waals surface area (Å²) in [6.07, 6.45) is 1.67. The van der Waals surface area contributed by atoms with Crippen LogP contribution in [0, 0.1) is 6.92 Å². The van der Waals surface area contributed by atoms with Gasteiger partial charge in [0.2, 0.25) is 6.08 Å². The smallest absolute Gasteiger partial charge is 0.211 e. The molecule has 0 unspecified atom stereocenters. The van der Waals surface area contributed by atoms with Crippen LogP contribution in [0.4, 0.5) is 5.69 Å². The van der Waals surface area contributed by atoms with Gasteiger partial charge in [0.1, 0.15) is 0 Å². The molecule has 0 saturated heterocycles. The summed E-state index contributed by atoms with van der Waals surface area (Å²) >= 11 is 0. The Hall–Kier alpha value is -1.40. The normalized spacial score (nSPS) is 10.7. The van der Waals surface area contributed by atoms with Gasteiger partial charge in [0, 0.05) is 0 Å². The molecule has 1 aromatic carbocycles. The molecule has 2 nitrogen and oxygen atoms in total. The fourth-order valence-corrected chi connectivity index (χ4v) is 1.89. The van der Waals surface area contributed by atoms with Gasteiger partial charge in [-0.2, -0.15) is 4.99 Å². The van der Waals surface area contributed by atoms with Crippen molar-refractivity contribution in [2.75, 3.05) is 0 Å². The number of rotatable bonds is 3. The van der Waals surface area contributed by atoms with Crippen LogP contribution in [0.25, 0.3) is 0 Å². The highest BCUT2D eigenvalue weighted by molar-refractivity contribution is 5.61. The molecule has 0 heterocycles. The molecule has 0 amide bonds. The molecule has 0 fully saturated rings. The maximum Gasteiger partial charge on any atom is 0.240 e. The van der Waals surface area contributed by atoms with E-state index in [-0.39, 0.29) is 0 Å². The molecule has 0 aliphatic carbocycles. The average molecular weight is 217 g/mol. The highest BCUT2D eigenvalue weighted by Gasteiger charge is 2.14. The lowest BCUT2D eigenvalue weighted by molar-refractivity contribution is 0.565. The lowest BCUT2D eigenvalue weighted by Gasteiger charge is -2.16. The minimum Gasteiger partial charge on any atom is -0.211 e. The van der Waals surface area contributed by atoms with Gasteiger partial charge in [-0.25, -0.2) is 4.79 Å². The summed E-state index contributed by atoms with van der Waals surface area (Å²) in [6.45, 7) is 10.5. The maximum absolute atomic E-state index is 10.5. The van der Waals surface area contributed by atoms with Crippen LogP contribution < -0.4 is 0 Å². The van der Waals surface area contributed by atoms with Crippen LogP contribution in [-0.4, -0.2) is 6.08 Å². The van der Waals surface area contributed by atoms with Crippen LogP contribution in [0.2, 0.25) is 0 Å². The molecule has 0 saturated carbocycles. The van der Waals surface area contributed by atoms with Gasteiger partial charge in [-0.05, 0) is 29.9 Å². The number of aryl methyl sites for hydroxylation is 1. The first-order valence-corrected chi connectivity index (χ1v) is 5.69. The van der Waals surface area contributed by atoms with E-state index in [0.717, 1.165) is 16.8 Å².